The Morgan fingerprint density at radius 1 is 0.625 bits per heavy atom. The molecule has 0 amide bonds. The normalized spacial score (nSPS) is 11.9. The van der Waals surface area contributed by atoms with Gasteiger partial charge in [-0.25, -0.2) is 0 Å². The second-order valence-corrected chi connectivity index (χ2v) is 7.48. The van der Waals surface area contributed by atoms with Crippen molar-refractivity contribution in [3.05, 3.63) is 88.7 Å². The van der Waals surface area contributed by atoms with E-state index >= 15 is 0 Å². The van der Waals surface area contributed by atoms with Crippen molar-refractivity contribution in [2.75, 3.05) is 28.4 Å². The smallest absolute Gasteiger partial charge is 0.363 e. The number of rotatable bonds is 9. The minimum atomic E-state index is -0.727. The zero-order valence-electron chi connectivity index (χ0n) is 18.5. The van der Waals surface area contributed by atoms with E-state index in [9.17, 15) is 4.57 Å². The molecule has 3 rings (SSSR count). The second kappa shape index (κ2) is 11.2. The van der Waals surface area contributed by atoms with Gasteiger partial charge in [0.2, 0.25) is 0 Å². The van der Waals surface area contributed by atoms with Gasteiger partial charge in [0.25, 0.3) is 0 Å². The molecule has 0 saturated carbocycles. The molecule has 0 saturated heterocycles. The molecular formula is C26H26O5P+. The molecule has 0 radical (unpaired) electrons. The number of benzene rings is 3. The zero-order chi connectivity index (χ0) is 22.9. The fraction of sp³-hybridized carbons (Fsp3) is 0.154. The molecule has 3 aromatic rings. The third-order valence-corrected chi connectivity index (χ3v) is 5.63. The maximum absolute atomic E-state index is 12.5. The van der Waals surface area contributed by atoms with Crippen molar-refractivity contribution in [1.82, 2.24) is 0 Å². The molecule has 3 aromatic carbocycles. The summed E-state index contributed by atoms with van der Waals surface area (Å²) in [5, 5.41) is 0.604. The maximum atomic E-state index is 12.5. The first kappa shape index (κ1) is 23.1. The molecule has 32 heavy (non-hydrogen) atoms. The van der Waals surface area contributed by atoms with E-state index in [1.807, 2.05) is 78.9 Å². The van der Waals surface area contributed by atoms with Gasteiger partial charge >= 0.3 is 8.46 Å². The van der Waals surface area contributed by atoms with E-state index in [0.29, 0.717) is 33.9 Å². The Bertz CT molecular complexity index is 1090. The number of hydrogen-bond acceptors (Lipinski definition) is 5. The van der Waals surface area contributed by atoms with E-state index in [0.717, 1.165) is 16.7 Å². The molecule has 0 aromatic heterocycles. The highest BCUT2D eigenvalue weighted by atomic mass is 31.1. The van der Waals surface area contributed by atoms with Crippen LogP contribution in [0.4, 0.5) is 0 Å². The summed E-state index contributed by atoms with van der Waals surface area (Å²) in [5.41, 5.74) is 3.15. The molecule has 1 unspecified atom stereocenters. The van der Waals surface area contributed by atoms with Crippen LogP contribution in [0.25, 0.3) is 17.7 Å². The molecule has 0 aliphatic rings. The number of hydrogen-bond donors (Lipinski definition) is 0. The van der Waals surface area contributed by atoms with E-state index in [2.05, 4.69) is 0 Å². The third kappa shape index (κ3) is 5.01. The van der Waals surface area contributed by atoms with Gasteiger partial charge in [0.1, 0.15) is 23.0 Å². The molecule has 0 aliphatic carbocycles. The van der Waals surface area contributed by atoms with Crippen molar-refractivity contribution in [2.45, 2.75) is 0 Å². The SMILES string of the molecule is COc1cccc(OC)c1C=C([PH+]=O)C(=Cc1c(OC)cccc1OC)c1ccccc1. The summed E-state index contributed by atoms with van der Waals surface area (Å²) in [6.45, 7) is 0. The Hall–Kier alpha value is -3.56. The first-order valence-electron chi connectivity index (χ1n) is 9.96. The topological polar surface area (TPSA) is 54.0 Å². The lowest BCUT2D eigenvalue weighted by Crippen LogP contribution is -1.95. The second-order valence-electron chi connectivity index (χ2n) is 6.74. The average Bonchev–Trinajstić information content (AvgIpc) is 2.86. The third-order valence-electron chi connectivity index (χ3n) is 4.99. The van der Waals surface area contributed by atoms with Gasteiger partial charge in [0, 0.05) is 11.6 Å². The van der Waals surface area contributed by atoms with Crippen molar-refractivity contribution >= 4 is 26.2 Å². The molecule has 5 nitrogen and oxygen atoms in total. The predicted molar refractivity (Wildman–Crippen MR) is 130 cm³/mol. The zero-order valence-corrected chi connectivity index (χ0v) is 19.5. The van der Waals surface area contributed by atoms with Crippen LogP contribution in [0.1, 0.15) is 16.7 Å². The summed E-state index contributed by atoms with van der Waals surface area (Å²) in [7, 11) is 5.69. The van der Waals surface area contributed by atoms with Gasteiger partial charge in [0.15, 0.2) is 5.31 Å². The molecular weight excluding hydrogens is 423 g/mol. The Morgan fingerprint density at radius 2 is 1.06 bits per heavy atom. The molecule has 1 atom stereocenters. The van der Waals surface area contributed by atoms with Crippen molar-refractivity contribution in [1.29, 1.82) is 0 Å². The van der Waals surface area contributed by atoms with Crippen LogP contribution in [0.2, 0.25) is 0 Å². The number of methoxy groups -OCH3 is 4. The fourth-order valence-corrected chi connectivity index (χ4v) is 3.96. The number of ether oxygens (including phenoxy) is 4. The van der Waals surface area contributed by atoms with Crippen LogP contribution >= 0.6 is 8.46 Å². The van der Waals surface area contributed by atoms with Gasteiger partial charge in [-0.05, 0) is 35.9 Å². The summed E-state index contributed by atoms with van der Waals surface area (Å²) in [6.07, 6.45) is 3.77. The summed E-state index contributed by atoms with van der Waals surface area (Å²) >= 11 is 0. The molecule has 0 spiro atoms. The van der Waals surface area contributed by atoms with Gasteiger partial charge in [-0.3, -0.25) is 0 Å². The van der Waals surface area contributed by atoms with E-state index in [1.54, 1.807) is 28.4 Å². The largest absolute Gasteiger partial charge is 0.496 e. The molecule has 0 bridgehead atoms. The Labute approximate surface area is 190 Å². The number of allylic oxidation sites excluding steroid dienone is 2. The van der Waals surface area contributed by atoms with Gasteiger partial charge in [-0.15, -0.1) is 0 Å². The summed E-state index contributed by atoms with van der Waals surface area (Å²) in [4.78, 5) is 0. The van der Waals surface area contributed by atoms with E-state index in [1.165, 1.54) is 0 Å². The molecule has 0 N–H and O–H groups in total. The highest BCUT2D eigenvalue weighted by Crippen LogP contribution is 2.41. The van der Waals surface area contributed by atoms with Gasteiger partial charge in [-0.2, -0.15) is 0 Å². The summed E-state index contributed by atoms with van der Waals surface area (Å²) < 4.78 is 34.7. The summed E-state index contributed by atoms with van der Waals surface area (Å²) in [5.74, 6) is 2.56. The fourth-order valence-electron chi connectivity index (χ4n) is 3.43. The minimum Gasteiger partial charge on any atom is -0.496 e. The molecule has 0 fully saturated rings. The predicted octanol–water partition coefficient (Wildman–Crippen LogP) is 6.33. The first-order chi connectivity index (χ1) is 15.7. The van der Waals surface area contributed by atoms with E-state index in [4.69, 9.17) is 18.9 Å². The maximum Gasteiger partial charge on any atom is 0.363 e. The lowest BCUT2D eigenvalue weighted by molar-refractivity contribution is 0.392. The molecule has 0 heterocycles. The molecule has 6 heteroatoms. The Kier molecular flexibility index (Phi) is 8.07. The van der Waals surface area contributed by atoms with Gasteiger partial charge in [0.05, 0.1) is 39.6 Å². The quantitative estimate of drug-likeness (QED) is 0.217. The average molecular weight is 449 g/mol. The highest BCUT2D eigenvalue weighted by molar-refractivity contribution is 7.31. The van der Waals surface area contributed by atoms with Crippen LogP contribution in [0.3, 0.4) is 0 Å². The molecule has 164 valence electrons. The Balaban J connectivity index is 2.30. The van der Waals surface area contributed by atoms with Crippen molar-refractivity contribution in [3.63, 3.8) is 0 Å². The highest BCUT2D eigenvalue weighted by Gasteiger charge is 2.20. The minimum absolute atomic E-state index is 0.604. The first-order valence-corrected chi connectivity index (χ1v) is 10.9. The van der Waals surface area contributed by atoms with Gasteiger partial charge < -0.3 is 18.9 Å². The van der Waals surface area contributed by atoms with Crippen LogP contribution < -0.4 is 18.9 Å². The van der Waals surface area contributed by atoms with E-state index < -0.39 is 8.46 Å². The van der Waals surface area contributed by atoms with Gasteiger partial charge in [-0.1, -0.05) is 47.0 Å². The van der Waals surface area contributed by atoms with Crippen LogP contribution in [-0.4, -0.2) is 28.4 Å². The van der Waals surface area contributed by atoms with Crippen molar-refractivity contribution < 1.29 is 23.5 Å². The lowest BCUT2D eigenvalue weighted by Gasteiger charge is -2.13. The van der Waals surface area contributed by atoms with Crippen LogP contribution in [-0.2, 0) is 4.57 Å². The Morgan fingerprint density at radius 3 is 1.47 bits per heavy atom. The van der Waals surface area contributed by atoms with E-state index in [-0.39, 0.29) is 0 Å². The monoisotopic (exact) mass is 449 g/mol. The standard InChI is InChI=1S/C26H25O5P/c1-28-22-12-8-13-23(29-2)20(22)16-19(18-10-6-5-7-11-18)26(32-27)17-21-24(30-3)14-9-15-25(21)31-4/h5-17H,1-4H3/p+1. The molecule has 0 aliphatic heterocycles. The van der Waals surface area contributed by atoms with Crippen molar-refractivity contribution in [2.24, 2.45) is 0 Å². The summed E-state index contributed by atoms with van der Waals surface area (Å²) in [6, 6.07) is 20.9. The van der Waals surface area contributed by atoms with Crippen LogP contribution in [0.5, 0.6) is 23.0 Å². The lowest BCUT2D eigenvalue weighted by atomic mass is 9.99. The van der Waals surface area contributed by atoms with Crippen LogP contribution in [0, 0.1) is 0 Å². The van der Waals surface area contributed by atoms with Crippen molar-refractivity contribution in [3.8, 4) is 23.0 Å². The van der Waals surface area contributed by atoms with Crippen LogP contribution in [0.15, 0.2) is 72.0 Å².